The van der Waals surface area contributed by atoms with Crippen LogP contribution in [-0.4, -0.2) is 11.4 Å². The Kier molecular flexibility index (Phi) is 2.28. The number of unbranched alkanes of at least 4 members (excludes halogenated alkanes) is 1. The van der Waals surface area contributed by atoms with Crippen molar-refractivity contribution in [2.75, 3.05) is 6.54 Å². The van der Waals surface area contributed by atoms with Crippen LogP contribution in [0.15, 0.2) is 24.3 Å². The van der Waals surface area contributed by atoms with Gasteiger partial charge in [-0.1, -0.05) is 37.6 Å². The minimum absolute atomic E-state index is 0.748. The lowest BCUT2D eigenvalue weighted by Crippen LogP contribution is -2.20. The fraction of sp³-hybridized carbons (Fsp3) is 0.571. The molecule has 0 radical (unpaired) electrons. The van der Waals surface area contributed by atoms with Gasteiger partial charge in [0.2, 0.25) is 0 Å². The zero-order valence-corrected chi connectivity index (χ0v) is 9.45. The first-order chi connectivity index (χ1) is 7.42. The topological polar surface area (TPSA) is 3.24 Å². The Morgan fingerprint density at radius 3 is 2.27 bits per heavy atom. The van der Waals surface area contributed by atoms with E-state index in [-0.39, 0.29) is 0 Å². The van der Waals surface area contributed by atoms with E-state index < -0.39 is 0 Å². The largest absolute Gasteiger partial charge is 0.289 e. The van der Waals surface area contributed by atoms with Crippen LogP contribution in [0.1, 0.15) is 55.8 Å². The number of nitrogens with zero attached hydrogens (tertiary/aromatic N) is 1. The second kappa shape index (κ2) is 3.64. The third-order valence-electron chi connectivity index (χ3n) is 4.00. The number of hydrogen-bond acceptors (Lipinski definition) is 1. The number of fused-ring (bicyclic) bond motifs is 5. The second-order valence-electron chi connectivity index (χ2n) is 4.83. The molecule has 80 valence electrons. The van der Waals surface area contributed by atoms with Gasteiger partial charge in [0.1, 0.15) is 0 Å². The van der Waals surface area contributed by atoms with Crippen molar-refractivity contribution >= 4 is 0 Å². The molecule has 2 heterocycles. The van der Waals surface area contributed by atoms with Crippen LogP contribution in [0.4, 0.5) is 0 Å². The van der Waals surface area contributed by atoms with Crippen LogP contribution >= 0.6 is 0 Å². The second-order valence-corrected chi connectivity index (χ2v) is 4.83. The lowest BCUT2D eigenvalue weighted by molar-refractivity contribution is 0.220. The molecule has 1 heteroatoms. The average Bonchev–Trinajstić information content (AvgIpc) is 2.82. The predicted molar refractivity (Wildman–Crippen MR) is 62.8 cm³/mol. The highest BCUT2D eigenvalue weighted by molar-refractivity contribution is 5.39. The Balaban J connectivity index is 1.88. The lowest BCUT2D eigenvalue weighted by atomic mass is 9.92. The molecule has 1 saturated heterocycles. The maximum atomic E-state index is 2.73. The van der Waals surface area contributed by atoms with Crippen molar-refractivity contribution in [2.24, 2.45) is 0 Å². The molecular formula is C14H19N. The molecule has 15 heavy (non-hydrogen) atoms. The molecule has 2 bridgehead atoms. The van der Waals surface area contributed by atoms with Crippen molar-refractivity contribution in [1.29, 1.82) is 0 Å². The van der Waals surface area contributed by atoms with Crippen molar-refractivity contribution in [3.8, 4) is 0 Å². The van der Waals surface area contributed by atoms with Crippen LogP contribution in [0.5, 0.6) is 0 Å². The molecule has 1 aromatic carbocycles. The Morgan fingerprint density at radius 1 is 1.13 bits per heavy atom. The van der Waals surface area contributed by atoms with Gasteiger partial charge in [0, 0.05) is 12.1 Å². The van der Waals surface area contributed by atoms with Crippen LogP contribution in [0.25, 0.3) is 0 Å². The number of benzene rings is 1. The van der Waals surface area contributed by atoms with Gasteiger partial charge < -0.3 is 0 Å². The molecule has 0 spiro atoms. The molecule has 3 rings (SSSR count). The summed E-state index contributed by atoms with van der Waals surface area (Å²) in [7, 11) is 0. The molecule has 1 nitrogen and oxygen atoms in total. The molecule has 1 aromatic rings. The number of hydrogen-bond donors (Lipinski definition) is 0. The molecule has 0 unspecified atom stereocenters. The first-order valence-electron chi connectivity index (χ1n) is 6.26. The average molecular weight is 201 g/mol. The highest BCUT2D eigenvalue weighted by Crippen LogP contribution is 2.52. The molecule has 2 aliphatic rings. The maximum absolute atomic E-state index is 2.73. The fourth-order valence-corrected chi connectivity index (χ4v) is 3.30. The van der Waals surface area contributed by atoms with Crippen molar-refractivity contribution in [2.45, 2.75) is 44.7 Å². The molecule has 0 aromatic heterocycles. The third kappa shape index (κ3) is 1.33. The smallest absolute Gasteiger partial charge is 0.0358 e. The molecule has 0 N–H and O–H groups in total. The Labute approximate surface area is 92.1 Å². The summed E-state index contributed by atoms with van der Waals surface area (Å²) in [5, 5.41) is 0. The van der Waals surface area contributed by atoms with Gasteiger partial charge in [-0.2, -0.15) is 0 Å². The number of rotatable bonds is 3. The summed E-state index contributed by atoms with van der Waals surface area (Å²) in [6.45, 7) is 3.58. The fourth-order valence-electron chi connectivity index (χ4n) is 3.30. The Bertz CT molecular complexity index is 327. The van der Waals surface area contributed by atoms with Crippen molar-refractivity contribution < 1.29 is 0 Å². The molecule has 2 atom stereocenters. The van der Waals surface area contributed by atoms with Crippen LogP contribution < -0.4 is 0 Å². The summed E-state index contributed by atoms with van der Waals surface area (Å²) in [5.74, 6) is 0. The van der Waals surface area contributed by atoms with Gasteiger partial charge in [-0.15, -0.1) is 0 Å². The van der Waals surface area contributed by atoms with Gasteiger partial charge >= 0.3 is 0 Å². The molecular weight excluding hydrogens is 182 g/mol. The van der Waals surface area contributed by atoms with E-state index in [1.54, 1.807) is 11.1 Å². The van der Waals surface area contributed by atoms with Crippen molar-refractivity contribution in [3.63, 3.8) is 0 Å². The lowest BCUT2D eigenvalue weighted by Gasteiger charge is -2.21. The van der Waals surface area contributed by atoms with E-state index in [2.05, 4.69) is 36.1 Å². The van der Waals surface area contributed by atoms with Crippen molar-refractivity contribution in [1.82, 2.24) is 4.90 Å². The van der Waals surface area contributed by atoms with Crippen LogP contribution in [0.2, 0.25) is 0 Å². The van der Waals surface area contributed by atoms with Crippen LogP contribution in [0, 0.1) is 0 Å². The van der Waals surface area contributed by atoms with Gasteiger partial charge in [-0.05, 0) is 36.9 Å². The standard InChI is InChI=1S/C14H19N/c1-2-3-10-15-13-8-9-14(15)12-7-5-4-6-11(12)13/h4-7,13-14H,2-3,8-10H2,1H3/t13-,14+. The molecule has 0 aliphatic carbocycles. The van der Waals surface area contributed by atoms with Gasteiger partial charge in [0.15, 0.2) is 0 Å². The quantitative estimate of drug-likeness (QED) is 0.721. The monoisotopic (exact) mass is 201 g/mol. The maximum Gasteiger partial charge on any atom is 0.0358 e. The molecule has 0 amide bonds. The summed E-state index contributed by atoms with van der Waals surface area (Å²) < 4.78 is 0. The van der Waals surface area contributed by atoms with E-state index in [0.717, 1.165) is 12.1 Å². The minimum Gasteiger partial charge on any atom is -0.289 e. The highest BCUT2D eigenvalue weighted by atomic mass is 15.2. The van der Waals surface area contributed by atoms with E-state index in [0.29, 0.717) is 0 Å². The normalized spacial score (nSPS) is 28.3. The highest BCUT2D eigenvalue weighted by Gasteiger charge is 2.42. The predicted octanol–water partition coefficient (Wildman–Crippen LogP) is 3.68. The van der Waals surface area contributed by atoms with E-state index in [9.17, 15) is 0 Å². The van der Waals surface area contributed by atoms with Gasteiger partial charge in [0.05, 0.1) is 0 Å². The van der Waals surface area contributed by atoms with Crippen LogP contribution in [0.3, 0.4) is 0 Å². The molecule has 2 aliphatic heterocycles. The van der Waals surface area contributed by atoms with Crippen molar-refractivity contribution in [3.05, 3.63) is 35.4 Å². The minimum atomic E-state index is 0.748. The first-order valence-corrected chi connectivity index (χ1v) is 6.26. The summed E-state index contributed by atoms with van der Waals surface area (Å²) in [5.41, 5.74) is 3.23. The van der Waals surface area contributed by atoms with E-state index in [1.807, 2.05) is 0 Å². The Morgan fingerprint density at radius 2 is 1.73 bits per heavy atom. The van der Waals surface area contributed by atoms with Gasteiger partial charge in [0.25, 0.3) is 0 Å². The zero-order valence-electron chi connectivity index (χ0n) is 9.45. The van der Waals surface area contributed by atoms with E-state index >= 15 is 0 Å². The molecule has 0 saturated carbocycles. The SMILES string of the molecule is CCCCN1[C@@H]2CC[C@H]1c1ccccc12. The van der Waals surface area contributed by atoms with Crippen LogP contribution in [-0.2, 0) is 0 Å². The van der Waals surface area contributed by atoms with Gasteiger partial charge in [-0.25, -0.2) is 0 Å². The summed E-state index contributed by atoms with van der Waals surface area (Å²) >= 11 is 0. The summed E-state index contributed by atoms with van der Waals surface area (Å²) in [4.78, 5) is 2.73. The molecule has 1 fully saturated rings. The van der Waals surface area contributed by atoms with E-state index in [1.165, 1.54) is 32.2 Å². The summed E-state index contributed by atoms with van der Waals surface area (Å²) in [6.07, 6.45) is 5.42. The summed E-state index contributed by atoms with van der Waals surface area (Å²) in [6, 6.07) is 10.5. The zero-order chi connectivity index (χ0) is 10.3. The first kappa shape index (κ1) is 9.41. The van der Waals surface area contributed by atoms with Gasteiger partial charge in [-0.3, -0.25) is 4.90 Å². The van der Waals surface area contributed by atoms with E-state index in [4.69, 9.17) is 0 Å². The Hall–Kier alpha value is -0.820. The third-order valence-corrected chi connectivity index (χ3v) is 4.00.